The Kier molecular flexibility index (Phi) is 6.31. The van der Waals surface area contributed by atoms with Crippen LogP contribution in [0.15, 0.2) is 18.2 Å². The highest BCUT2D eigenvalue weighted by Crippen LogP contribution is 2.28. The molecular formula is C17H25ClFN. The van der Waals surface area contributed by atoms with Crippen LogP contribution in [0.3, 0.4) is 0 Å². The summed E-state index contributed by atoms with van der Waals surface area (Å²) in [7, 11) is 1.99. The van der Waals surface area contributed by atoms with E-state index in [1.54, 1.807) is 12.1 Å². The summed E-state index contributed by atoms with van der Waals surface area (Å²) in [6.07, 6.45) is 10.2. The quantitative estimate of drug-likeness (QED) is 0.757. The summed E-state index contributed by atoms with van der Waals surface area (Å²) in [6.45, 7) is 0. The maximum Gasteiger partial charge on any atom is 0.123 e. The molecular weight excluding hydrogens is 273 g/mol. The van der Waals surface area contributed by atoms with Gasteiger partial charge in [-0.05, 0) is 49.6 Å². The van der Waals surface area contributed by atoms with Gasteiger partial charge >= 0.3 is 0 Å². The fraction of sp³-hybridized carbons (Fsp3) is 0.647. The molecule has 1 fully saturated rings. The van der Waals surface area contributed by atoms with Crippen LogP contribution in [0.4, 0.5) is 4.39 Å². The van der Waals surface area contributed by atoms with Crippen molar-refractivity contribution >= 4 is 11.6 Å². The number of likely N-dealkylation sites (N-methyl/N-ethyl adjacent to an activating group) is 1. The van der Waals surface area contributed by atoms with E-state index in [0.29, 0.717) is 11.1 Å². The average molecular weight is 298 g/mol. The van der Waals surface area contributed by atoms with Gasteiger partial charge in [-0.25, -0.2) is 4.39 Å². The van der Waals surface area contributed by atoms with E-state index in [-0.39, 0.29) is 5.82 Å². The fourth-order valence-corrected chi connectivity index (χ4v) is 3.47. The van der Waals surface area contributed by atoms with Gasteiger partial charge < -0.3 is 5.32 Å². The molecule has 1 aromatic rings. The molecule has 0 aliphatic heterocycles. The fourth-order valence-electron chi connectivity index (χ4n) is 3.27. The van der Waals surface area contributed by atoms with Gasteiger partial charge in [0, 0.05) is 11.1 Å². The minimum atomic E-state index is -0.200. The van der Waals surface area contributed by atoms with Crippen LogP contribution in [-0.2, 0) is 6.42 Å². The van der Waals surface area contributed by atoms with Crippen molar-refractivity contribution in [2.24, 2.45) is 5.92 Å². The highest BCUT2D eigenvalue weighted by atomic mass is 35.5. The lowest BCUT2D eigenvalue weighted by Gasteiger charge is -2.23. The lowest BCUT2D eigenvalue weighted by molar-refractivity contribution is 0.361. The number of halogens is 2. The summed E-state index contributed by atoms with van der Waals surface area (Å²) in [4.78, 5) is 0. The van der Waals surface area contributed by atoms with Crippen molar-refractivity contribution in [3.05, 3.63) is 34.6 Å². The third-order valence-corrected chi connectivity index (χ3v) is 4.84. The molecule has 3 heteroatoms. The number of nitrogens with one attached hydrogen (secondary N) is 1. The maximum absolute atomic E-state index is 13.3. The van der Waals surface area contributed by atoms with Gasteiger partial charge in [0.05, 0.1) is 0 Å². The van der Waals surface area contributed by atoms with Crippen molar-refractivity contribution in [3.8, 4) is 0 Å². The molecule has 1 N–H and O–H groups in total. The van der Waals surface area contributed by atoms with E-state index in [4.69, 9.17) is 11.6 Å². The van der Waals surface area contributed by atoms with Gasteiger partial charge in [0.25, 0.3) is 0 Å². The van der Waals surface area contributed by atoms with Gasteiger partial charge in [-0.3, -0.25) is 0 Å². The Morgan fingerprint density at radius 3 is 2.60 bits per heavy atom. The molecule has 2 rings (SSSR count). The van der Waals surface area contributed by atoms with Crippen LogP contribution in [0.5, 0.6) is 0 Å². The van der Waals surface area contributed by atoms with Crippen LogP contribution in [0, 0.1) is 11.7 Å². The molecule has 0 bridgehead atoms. The highest BCUT2D eigenvalue weighted by Gasteiger charge is 2.18. The standard InChI is InChI=1S/C17H25ClFN/c1-20-16(10-13-6-4-2-3-5-7-13)12-14-11-15(19)8-9-17(14)18/h8-9,11,13,16,20H,2-7,10,12H2,1H3. The van der Waals surface area contributed by atoms with Crippen molar-refractivity contribution in [2.75, 3.05) is 7.05 Å². The zero-order valence-electron chi connectivity index (χ0n) is 12.3. The first kappa shape index (κ1) is 15.8. The van der Waals surface area contributed by atoms with E-state index in [2.05, 4.69) is 5.32 Å². The Hall–Kier alpha value is -0.600. The summed E-state index contributed by atoms with van der Waals surface area (Å²) >= 11 is 6.17. The Morgan fingerprint density at radius 2 is 1.95 bits per heavy atom. The summed E-state index contributed by atoms with van der Waals surface area (Å²) in [6, 6.07) is 5.04. The Balaban J connectivity index is 1.95. The van der Waals surface area contributed by atoms with E-state index in [9.17, 15) is 4.39 Å². The molecule has 20 heavy (non-hydrogen) atoms. The third kappa shape index (κ3) is 4.75. The Labute approximate surface area is 126 Å². The van der Waals surface area contributed by atoms with Crippen molar-refractivity contribution in [2.45, 2.75) is 57.4 Å². The van der Waals surface area contributed by atoms with E-state index in [1.807, 2.05) is 7.05 Å². The van der Waals surface area contributed by atoms with Crippen molar-refractivity contribution in [1.82, 2.24) is 5.32 Å². The molecule has 0 radical (unpaired) electrons. The average Bonchev–Trinajstić information content (AvgIpc) is 2.70. The molecule has 0 heterocycles. The van der Waals surface area contributed by atoms with Gasteiger partial charge in [-0.15, -0.1) is 0 Å². The van der Waals surface area contributed by atoms with E-state index in [0.717, 1.165) is 17.9 Å². The second kappa shape index (κ2) is 7.99. The van der Waals surface area contributed by atoms with Gasteiger partial charge in [-0.1, -0.05) is 50.1 Å². The predicted molar refractivity (Wildman–Crippen MR) is 83.8 cm³/mol. The zero-order valence-corrected chi connectivity index (χ0v) is 13.1. The molecule has 1 atom stereocenters. The lowest BCUT2D eigenvalue weighted by Crippen LogP contribution is -2.30. The van der Waals surface area contributed by atoms with Gasteiger partial charge in [-0.2, -0.15) is 0 Å². The Bertz CT molecular complexity index is 413. The Morgan fingerprint density at radius 1 is 1.25 bits per heavy atom. The van der Waals surface area contributed by atoms with Crippen LogP contribution < -0.4 is 5.32 Å². The molecule has 0 spiro atoms. The largest absolute Gasteiger partial charge is 0.317 e. The molecule has 1 saturated carbocycles. The highest BCUT2D eigenvalue weighted by molar-refractivity contribution is 6.31. The van der Waals surface area contributed by atoms with E-state index in [1.165, 1.54) is 51.0 Å². The molecule has 1 unspecified atom stereocenters. The first-order valence-corrected chi connectivity index (χ1v) is 8.18. The smallest absolute Gasteiger partial charge is 0.123 e. The topological polar surface area (TPSA) is 12.0 Å². The number of hydrogen-bond donors (Lipinski definition) is 1. The van der Waals surface area contributed by atoms with Crippen LogP contribution >= 0.6 is 11.6 Å². The van der Waals surface area contributed by atoms with Crippen LogP contribution in [-0.4, -0.2) is 13.1 Å². The molecule has 1 aromatic carbocycles. The van der Waals surface area contributed by atoms with Crippen LogP contribution in [0.1, 0.15) is 50.5 Å². The molecule has 1 nitrogen and oxygen atoms in total. The summed E-state index contributed by atoms with van der Waals surface area (Å²) in [5, 5.41) is 4.06. The number of rotatable bonds is 5. The van der Waals surface area contributed by atoms with Crippen molar-refractivity contribution in [1.29, 1.82) is 0 Å². The monoisotopic (exact) mass is 297 g/mol. The molecule has 1 aliphatic rings. The zero-order chi connectivity index (χ0) is 14.4. The minimum absolute atomic E-state index is 0.200. The molecule has 0 amide bonds. The lowest BCUT2D eigenvalue weighted by atomic mass is 9.90. The normalized spacial score (nSPS) is 18.8. The third-order valence-electron chi connectivity index (χ3n) is 4.47. The predicted octanol–water partition coefficient (Wildman–Crippen LogP) is 4.97. The van der Waals surface area contributed by atoms with Crippen LogP contribution in [0.25, 0.3) is 0 Å². The van der Waals surface area contributed by atoms with E-state index >= 15 is 0 Å². The number of hydrogen-bond acceptors (Lipinski definition) is 1. The number of benzene rings is 1. The molecule has 0 aromatic heterocycles. The van der Waals surface area contributed by atoms with Crippen LogP contribution in [0.2, 0.25) is 5.02 Å². The minimum Gasteiger partial charge on any atom is -0.317 e. The van der Waals surface area contributed by atoms with Gasteiger partial charge in [0.2, 0.25) is 0 Å². The second-order valence-electron chi connectivity index (χ2n) is 6.02. The first-order chi connectivity index (χ1) is 9.69. The maximum atomic E-state index is 13.3. The molecule has 1 aliphatic carbocycles. The van der Waals surface area contributed by atoms with Crippen molar-refractivity contribution < 1.29 is 4.39 Å². The summed E-state index contributed by atoms with van der Waals surface area (Å²) in [5.41, 5.74) is 0.916. The SMILES string of the molecule is CNC(Cc1cc(F)ccc1Cl)CC1CCCCCC1. The summed E-state index contributed by atoms with van der Waals surface area (Å²) in [5.74, 6) is 0.607. The molecule has 0 saturated heterocycles. The summed E-state index contributed by atoms with van der Waals surface area (Å²) < 4.78 is 13.3. The first-order valence-electron chi connectivity index (χ1n) is 7.80. The van der Waals surface area contributed by atoms with Crippen molar-refractivity contribution in [3.63, 3.8) is 0 Å². The van der Waals surface area contributed by atoms with Gasteiger partial charge in [0.1, 0.15) is 5.82 Å². The van der Waals surface area contributed by atoms with Gasteiger partial charge in [0.15, 0.2) is 0 Å². The molecule has 112 valence electrons. The second-order valence-corrected chi connectivity index (χ2v) is 6.43. The van der Waals surface area contributed by atoms with E-state index < -0.39 is 0 Å².